The topological polar surface area (TPSA) is 38.3 Å². The molecule has 2 rings (SSSR count). The molecule has 5 heteroatoms. The van der Waals surface area contributed by atoms with Crippen molar-refractivity contribution in [2.45, 2.75) is 25.8 Å². The molecular formula is C18H19BrFNO2. The first kappa shape index (κ1) is 17.5. The molecule has 0 saturated carbocycles. The highest BCUT2D eigenvalue weighted by atomic mass is 79.9. The fourth-order valence-electron chi connectivity index (χ4n) is 2.34. The van der Waals surface area contributed by atoms with Crippen molar-refractivity contribution in [3.63, 3.8) is 0 Å². The number of amides is 1. The molecule has 0 heterocycles. The summed E-state index contributed by atoms with van der Waals surface area (Å²) < 4.78 is 19.5. The average molecular weight is 380 g/mol. The zero-order chi connectivity index (χ0) is 17.0. The summed E-state index contributed by atoms with van der Waals surface area (Å²) in [5, 5.41) is 2.98. The molecule has 0 aliphatic heterocycles. The van der Waals surface area contributed by atoms with E-state index in [0.717, 1.165) is 10.0 Å². The molecule has 2 aromatic rings. The van der Waals surface area contributed by atoms with E-state index >= 15 is 0 Å². The van der Waals surface area contributed by atoms with Crippen LogP contribution >= 0.6 is 15.9 Å². The molecule has 0 saturated heterocycles. The van der Waals surface area contributed by atoms with E-state index in [1.165, 1.54) is 19.2 Å². The maximum absolute atomic E-state index is 13.7. The molecule has 0 aliphatic carbocycles. The van der Waals surface area contributed by atoms with Gasteiger partial charge < -0.3 is 10.1 Å². The van der Waals surface area contributed by atoms with Crippen molar-refractivity contribution in [1.29, 1.82) is 0 Å². The van der Waals surface area contributed by atoms with Crippen molar-refractivity contribution in [1.82, 2.24) is 5.32 Å². The highest BCUT2D eigenvalue weighted by molar-refractivity contribution is 9.10. The van der Waals surface area contributed by atoms with Gasteiger partial charge >= 0.3 is 0 Å². The van der Waals surface area contributed by atoms with Crippen LogP contribution in [-0.2, 0) is 16.8 Å². The summed E-state index contributed by atoms with van der Waals surface area (Å²) in [6.45, 7) is 3.87. The van der Waals surface area contributed by atoms with E-state index in [-0.39, 0.29) is 18.1 Å². The van der Waals surface area contributed by atoms with Gasteiger partial charge in [-0.05, 0) is 49.2 Å². The quantitative estimate of drug-likeness (QED) is 0.845. The zero-order valence-electron chi connectivity index (χ0n) is 13.3. The molecule has 0 aromatic heterocycles. The van der Waals surface area contributed by atoms with Gasteiger partial charge in [0, 0.05) is 4.47 Å². The second kappa shape index (κ2) is 7.13. The molecule has 23 heavy (non-hydrogen) atoms. The molecule has 0 unspecified atom stereocenters. The fraction of sp³-hybridized carbons (Fsp3) is 0.278. The Balaban J connectivity index is 2.06. The molecule has 0 radical (unpaired) electrons. The fourth-order valence-corrected chi connectivity index (χ4v) is 2.60. The van der Waals surface area contributed by atoms with Gasteiger partial charge in [0.05, 0.1) is 19.1 Å². The lowest BCUT2D eigenvalue weighted by atomic mass is 9.94. The van der Waals surface area contributed by atoms with E-state index in [0.29, 0.717) is 5.56 Å². The normalized spacial score (nSPS) is 11.2. The summed E-state index contributed by atoms with van der Waals surface area (Å²) in [6.07, 6.45) is 0.112. The number of hydrogen-bond donors (Lipinski definition) is 1. The Morgan fingerprint density at radius 2 is 1.87 bits per heavy atom. The number of nitrogens with one attached hydrogen (secondary N) is 1. The Labute approximate surface area is 144 Å². The minimum absolute atomic E-state index is 0.112. The second-order valence-electron chi connectivity index (χ2n) is 5.83. The Morgan fingerprint density at radius 1 is 1.22 bits per heavy atom. The molecule has 1 N–H and O–H groups in total. The summed E-state index contributed by atoms with van der Waals surface area (Å²) in [7, 11) is 1.41. The van der Waals surface area contributed by atoms with Crippen molar-refractivity contribution in [3.05, 3.63) is 63.9 Å². The number of carbonyl (C=O) groups excluding carboxylic acids is 1. The van der Waals surface area contributed by atoms with Crippen LogP contribution in [0.5, 0.6) is 5.75 Å². The van der Waals surface area contributed by atoms with Crippen LogP contribution in [0.3, 0.4) is 0 Å². The molecule has 3 nitrogen and oxygen atoms in total. The summed E-state index contributed by atoms with van der Waals surface area (Å²) in [5.41, 5.74) is 1.09. The molecule has 0 fully saturated rings. The summed E-state index contributed by atoms with van der Waals surface area (Å²) >= 11 is 3.39. The van der Waals surface area contributed by atoms with E-state index in [4.69, 9.17) is 4.74 Å². The predicted octanol–water partition coefficient (Wildman–Crippen LogP) is 4.19. The third kappa shape index (κ3) is 4.55. The molecule has 0 atom stereocenters. The van der Waals surface area contributed by atoms with Crippen LogP contribution in [0.2, 0.25) is 0 Å². The largest absolute Gasteiger partial charge is 0.494 e. The van der Waals surface area contributed by atoms with E-state index in [2.05, 4.69) is 21.2 Å². The highest BCUT2D eigenvalue weighted by Gasteiger charge is 2.22. The number of benzene rings is 2. The highest BCUT2D eigenvalue weighted by Crippen LogP contribution is 2.23. The lowest BCUT2D eigenvalue weighted by molar-refractivity contribution is -0.122. The molecule has 2 aromatic carbocycles. The van der Waals surface area contributed by atoms with E-state index in [1.54, 1.807) is 6.07 Å². The third-order valence-electron chi connectivity index (χ3n) is 3.60. The molecule has 1 amide bonds. The Kier molecular flexibility index (Phi) is 5.42. The van der Waals surface area contributed by atoms with Gasteiger partial charge in [-0.2, -0.15) is 0 Å². The van der Waals surface area contributed by atoms with Crippen LogP contribution < -0.4 is 10.1 Å². The predicted molar refractivity (Wildman–Crippen MR) is 92.0 cm³/mol. The van der Waals surface area contributed by atoms with Gasteiger partial charge in [0.1, 0.15) is 0 Å². The van der Waals surface area contributed by atoms with Crippen LogP contribution in [0.15, 0.2) is 46.9 Å². The maximum Gasteiger partial charge on any atom is 0.225 e. The number of ether oxygens (including phenoxy) is 1. The van der Waals surface area contributed by atoms with Crippen LogP contribution in [0.4, 0.5) is 4.39 Å². The summed E-state index contributed by atoms with van der Waals surface area (Å²) in [6, 6.07) is 12.3. The summed E-state index contributed by atoms with van der Waals surface area (Å²) in [5.74, 6) is -0.461. The van der Waals surface area contributed by atoms with Crippen molar-refractivity contribution in [3.8, 4) is 5.75 Å². The Hall–Kier alpha value is -1.88. The van der Waals surface area contributed by atoms with Gasteiger partial charge in [0.15, 0.2) is 11.6 Å². The first-order valence-electron chi connectivity index (χ1n) is 7.21. The molecular weight excluding hydrogens is 361 g/mol. The average Bonchev–Trinajstić information content (AvgIpc) is 2.47. The van der Waals surface area contributed by atoms with Gasteiger partial charge in [-0.25, -0.2) is 4.39 Å². The van der Waals surface area contributed by atoms with Crippen molar-refractivity contribution in [2.75, 3.05) is 7.11 Å². The van der Waals surface area contributed by atoms with Crippen LogP contribution in [-0.4, -0.2) is 13.0 Å². The first-order chi connectivity index (χ1) is 10.8. The number of rotatable bonds is 5. The van der Waals surface area contributed by atoms with Gasteiger partial charge in [0.2, 0.25) is 5.91 Å². The first-order valence-corrected chi connectivity index (χ1v) is 8.00. The van der Waals surface area contributed by atoms with E-state index in [9.17, 15) is 9.18 Å². The van der Waals surface area contributed by atoms with Crippen molar-refractivity contribution < 1.29 is 13.9 Å². The minimum atomic E-state index is -0.511. The molecule has 122 valence electrons. The summed E-state index contributed by atoms with van der Waals surface area (Å²) in [4.78, 5) is 12.3. The number of hydrogen-bond acceptors (Lipinski definition) is 2. The molecule has 0 spiro atoms. The number of carbonyl (C=O) groups is 1. The minimum Gasteiger partial charge on any atom is -0.494 e. The lowest BCUT2D eigenvalue weighted by Gasteiger charge is -2.27. The molecule has 0 bridgehead atoms. The van der Waals surface area contributed by atoms with Crippen molar-refractivity contribution in [2.24, 2.45) is 0 Å². The second-order valence-corrected chi connectivity index (χ2v) is 6.74. The monoisotopic (exact) mass is 379 g/mol. The van der Waals surface area contributed by atoms with Crippen LogP contribution in [0.25, 0.3) is 0 Å². The Bertz CT molecular complexity index is 699. The third-order valence-corrected chi connectivity index (χ3v) is 4.13. The van der Waals surface area contributed by atoms with Gasteiger partial charge in [0.25, 0.3) is 0 Å². The van der Waals surface area contributed by atoms with Crippen molar-refractivity contribution >= 4 is 21.8 Å². The zero-order valence-corrected chi connectivity index (χ0v) is 14.9. The van der Waals surface area contributed by atoms with Gasteiger partial charge in [-0.3, -0.25) is 4.79 Å². The van der Waals surface area contributed by atoms with E-state index < -0.39 is 11.4 Å². The number of halogens is 2. The maximum atomic E-state index is 13.7. The van der Waals surface area contributed by atoms with Crippen LogP contribution in [0, 0.1) is 5.82 Å². The lowest BCUT2D eigenvalue weighted by Crippen LogP contribution is -2.41. The molecule has 0 aliphatic rings. The Morgan fingerprint density at radius 3 is 2.43 bits per heavy atom. The standard InChI is InChI=1S/C18H19BrFNO2/c1-18(2,13-5-7-14(19)8-6-13)21-17(22)11-12-4-9-16(23-3)15(20)10-12/h4-10H,11H2,1-3H3,(H,21,22). The smallest absolute Gasteiger partial charge is 0.225 e. The van der Waals surface area contributed by atoms with Gasteiger partial charge in [-0.1, -0.05) is 34.1 Å². The number of methoxy groups -OCH3 is 1. The van der Waals surface area contributed by atoms with E-state index in [1.807, 2.05) is 38.1 Å². The van der Waals surface area contributed by atoms with Gasteiger partial charge in [-0.15, -0.1) is 0 Å². The SMILES string of the molecule is COc1ccc(CC(=O)NC(C)(C)c2ccc(Br)cc2)cc1F. The van der Waals surface area contributed by atoms with Crippen LogP contribution in [0.1, 0.15) is 25.0 Å².